The lowest BCUT2D eigenvalue weighted by Gasteiger charge is -2.32. The summed E-state index contributed by atoms with van der Waals surface area (Å²) < 4.78 is 0. The van der Waals surface area contributed by atoms with Crippen molar-refractivity contribution in [2.24, 2.45) is 10.9 Å². The summed E-state index contributed by atoms with van der Waals surface area (Å²) in [4.78, 5) is 13.5. The molecule has 1 unspecified atom stereocenters. The molecule has 0 aliphatic carbocycles. The third-order valence-corrected chi connectivity index (χ3v) is 6.71. The molecule has 0 bridgehead atoms. The molecule has 0 saturated carbocycles. The first-order valence-electron chi connectivity index (χ1n) is 10.3. The highest BCUT2D eigenvalue weighted by Gasteiger charge is 2.20. The maximum absolute atomic E-state index is 4.75. The SMILES string of the molecule is CCNC(=NCc1nc(C(C)C)cs1)NCC1CCCN(Cc2cccs2)C1. The van der Waals surface area contributed by atoms with Crippen LogP contribution in [0.15, 0.2) is 27.9 Å². The third kappa shape index (κ3) is 6.57. The Morgan fingerprint density at radius 3 is 2.96 bits per heavy atom. The van der Waals surface area contributed by atoms with Crippen molar-refractivity contribution < 1.29 is 0 Å². The molecule has 7 heteroatoms. The van der Waals surface area contributed by atoms with Gasteiger partial charge in [0.2, 0.25) is 0 Å². The number of aliphatic imine (C=N–C) groups is 1. The van der Waals surface area contributed by atoms with E-state index in [9.17, 15) is 0 Å². The van der Waals surface area contributed by atoms with Gasteiger partial charge in [-0.25, -0.2) is 9.98 Å². The number of hydrogen-bond donors (Lipinski definition) is 2. The van der Waals surface area contributed by atoms with Crippen molar-refractivity contribution in [1.29, 1.82) is 0 Å². The highest BCUT2D eigenvalue weighted by atomic mass is 32.1. The zero-order chi connectivity index (χ0) is 19.8. The van der Waals surface area contributed by atoms with Crippen LogP contribution in [0, 0.1) is 5.92 Å². The molecular weight excluding hydrogens is 386 g/mol. The van der Waals surface area contributed by atoms with Crippen LogP contribution in [-0.4, -0.2) is 42.0 Å². The Kier molecular flexibility index (Phi) is 8.30. The summed E-state index contributed by atoms with van der Waals surface area (Å²) >= 11 is 3.57. The fraction of sp³-hybridized carbons (Fsp3) is 0.619. The molecule has 1 aliphatic rings. The minimum Gasteiger partial charge on any atom is -0.357 e. The predicted molar refractivity (Wildman–Crippen MR) is 121 cm³/mol. The van der Waals surface area contributed by atoms with Crippen LogP contribution in [0.2, 0.25) is 0 Å². The fourth-order valence-corrected chi connectivity index (χ4v) is 5.10. The van der Waals surface area contributed by atoms with E-state index in [1.54, 1.807) is 11.3 Å². The van der Waals surface area contributed by atoms with Crippen molar-refractivity contribution in [1.82, 2.24) is 20.5 Å². The summed E-state index contributed by atoms with van der Waals surface area (Å²) in [6, 6.07) is 4.39. The molecule has 5 nitrogen and oxygen atoms in total. The molecule has 2 aromatic rings. The average molecular weight is 420 g/mol. The molecule has 0 amide bonds. The molecule has 1 saturated heterocycles. The molecule has 1 atom stereocenters. The minimum absolute atomic E-state index is 0.476. The van der Waals surface area contributed by atoms with Crippen LogP contribution in [0.25, 0.3) is 0 Å². The molecule has 154 valence electrons. The predicted octanol–water partition coefficient (Wildman–Crippen LogP) is 4.30. The summed E-state index contributed by atoms with van der Waals surface area (Å²) in [6.07, 6.45) is 2.57. The summed E-state index contributed by atoms with van der Waals surface area (Å²) in [7, 11) is 0. The van der Waals surface area contributed by atoms with Crippen molar-refractivity contribution in [2.45, 2.75) is 52.6 Å². The normalized spacial score (nSPS) is 18.6. The molecule has 0 radical (unpaired) electrons. The lowest BCUT2D eigenvalue weighted by atomic mass is 9.98. The van der Waals surface area contributed by atoms with Crippen molar-refractivity contribution in [2.75, 3.05) is 26.2 Å². The summed E-state index contributed by atoms with van der Waals surface area (Å²) in [5.74, 6) is 2.05. The van der Waals surface area contributed by atoms with Crippen molar-refractivity contribution in [3.05, 3.63) is 38.5 Å². The van der Waals surface area contributed by atoms with Crippen LogP contribution in [0.1, 0.15) is 55.1 Å². The largest absolute Gasteiger partial charge is 0.357 e. The quantitative estimate of drug-likeness (QED) is 0.495. The van der Waals surface area contributed by atoms with Gasteiger partial charge in [-0.2, -0.15) is 0 Å². The molecule has 1 fully saturated rings. The van der Waals surface area contributed by atoms with Gasteiger partial charge in [-0.3, -0.25) is 4.90 Å². The number of likely N-dealkylation sites (tertiary alicyclic amines) is 1. The van der Waals surface area contributed by atoms with Gasteiger partial charge in [0.05, 0.1) is 12.2 Å². The standard InChI is InChI=1S/C21H33N5S2/c1-4-22-21(24-12-20-25-19(15-28-20)16(2)3)23-11-17-7-5-9-26(13-17)14-18-8-6-10-27-18/h6,8,10,15-17H,4-5,7,9,11-14H2,1-3H3,(H2,22,23,24). The van der Waals surface area contributed by atoms with Crippen molar-refractivity contribution >= 4 is 28.6 Å². The Balaban J connectivity index is 1.49. The Hall–Kier alpha value is -1.44. The first kappa shape index (κ1) is 21.3. The molecule has 3 heterocycles. The van der Waals surface area contributed by atoms with Gasteiger partial charge in [0, 0.05) is 36.4 Å². The van der Waals surface area contributed by atoms with Gasteiger partial charge >= 0.3 is 0 Å². The lowest BCUT2D eigenvalue weighted by molar-refractivity contribution is 0.169. The molecule has 1 aliphatic heterocycles. The molecule has 0 spiro atoms. The van der Waals surface area contributed by atoms with Crippen LogP contribution < -0.4 is 10.6 Å². The maximum Gasteiger partial charge on any atom is 0.191 e. The number of aromatic nitrogens is 1. The Morgan fingerprint density at radius 1 is 1.36 bits per heavy atom. The number of rotatable bonds is 8. The van der Waals surface area contributed by atoms with E-state index < -0.39 is 0 Å². The van der Waals surface area contributed by atoms with Crippen LogP contribution >= 0.6 is 22.7 Å². The van der Waals surface area contributed by atoms with E-state index in [0.717, 1.165) is 37.1 Å². The zero-order valence-electron chi connectivity index (χ0n) is 17.3. The van der Waals surface area contributed by atoms with Crippen LogP contribution in [0.3, 0.4) is 0 Å². The second-order valence-corrected chi connectivity index (χ2v) is 9.69. The smallest absolute Gasteiger partial charge is 0.191 e. The molecule has 2 aromatic heterocycles. The van der Waals surface area contributed by atoms with E-state index in [4.69, 9.17) is 4.99 Å². The van der Waals surface area contributed by atoms with Crippen LogP contribution in [-0.2, 0) is 13.1 Å². The van der Waals surface area contributed by atoms with Crippen molar-refractivity contribution in [3.8, 4) is 0 Å². The maximum atomic E-state index is 4.75. The van der Waals surface area contributed by atoms with Gasteiger partial charge in [-0.1, -0.05) is 19.9 Å². The van der Waals surface area contributed by atoms with E-state index in [2.05, 4.69) is 64.2 Å². The van der Waals surface area contributed by atoms with Crippen LogP contribution in [0.5, 0.6) is 0 Å². The second kappa shape index (κ2) is 10.9. The topological polar surface area (TPSA) is 52.6 Å². The highest BCUT2D eigenvalue weighted by Crippen LogP contribution is 2.20. The number of nitrogens with one attached hydrogen (secondary N) is 2. The zero-order valence-corrected chi connectivity index (χ0v) is 18.9. The minimum atomic E-state index is 0.476. The summed E-state index contributed by atoms with van der Waals surface area (Å²) in [6.45, 7) is 12.4. The third-order valence-electron chi connectivity index (χ3n) is 5.00. The van der Waals surface area contributed by atoms with E-state index >= 15 is 0 Å². The number of piperidine rings is 1. The number of thiophene rings is 1. The Morgan fingerprint density at radius 2 is 2.25 bits per heavy atom. The highest BCUT2D eigenvalue weighted by molar-refractivity contribution is 7.10. The number of nitrogens with zero attached hydrogens (tertiary/aromatic N) is 3. The van der Waals surface area contributed by atoms with Gasteiger partial charge in [0.25, 0.3) is 0 Å². The molecule has 28 heavy (non-hydrogen) atoms. The molecule has 3 rings (SSSR count). The number of hydrogen-bond acceptors (Lipinski definition) is 5. The summed E-state index contributed by atoms with van der Waals surface area (Å²) in [5.41, 5.74) is 1.17. The first-order chi connectivity index (χ1) is 13.6. The van der Waals surface area contributed by atoms with E-state index in [1.165, 1.54) is 30.0 Å². The van der Waals surface area contributed by atoms with Gasteiger partial charge < -0.3 is 10.6 Å². The van der Waals surface area contributed by atoms with Gasteiger partial charge in [0.15, 0.2) is 5.96 Å². The van der Waals surface area contributed by atoms with Gasteiger partial charge in [-0.15, -0.1) is 22.7 Å². The Bertz CT molecular complexity index is 723. The van der Waals surface area contributed by atoms with E-state index in [0.29, 0.717) is 18.4 Å². The lowest BCUT2D eigenvalue weighted by Crippen LogP contribution is -2.44. The number of thiazole rings is 1. The second-order valence-electron chi connectivity index (χ2n) is 7.72. The Labute approximate surface area is 177 Å². The fourth-order valence-electron chi connectivity index (χ4n) is 3.48. The van der Waals surface area contributed by atoms with Crippen molar-refractivity contribution in [3.63, 3.8) is 0 Å². The molecule has 0 aromatic carbocycles. The summed E-state index contributed by atoms with van der Waals surface area (Å²) in [5, 5.41) is 12.3. The number of guanidine groups is 1. The van der Waals surface area contributed by atoms with Gasteiger partial charge in [0.1, 0.15) is 5.01 Å². The monoisotopic (exact) mass is 419 g/mol. The van der Waals surface area contributed by atoms with E-state index in [-0.39, 0.29) is 0 Å². The van der Waals surface area contributed by atoms with Crippen LogP contribution in [0.4, 0.5) is 0 Å². The molecular formula is C21H33N5S2. The first-order valence-corrected chi connectivity index (χ1v) is 12.1. The average Bonchev–Trinajstić information content (AvgIpc) is 3.36. The van der Waals surface area contributed by atoms with E-state index in [1.807, 2.05) is 11.3 Å². The molecule has 2 N–H and O–H groups in total. The van der Waals surface area contributed by atoms with Gasteiger partial charge in [-0.05, 0) is 49.6 Å².